The molecule has 2 atom stereocenters. The molecule has 0 fully saturated rings. The molecular formula is C16H16ClNO5. The highest BCUT2D eigenvalue weighted by Crippen LogP contribution is 2.40. The lowest BCUT2D eigenvalue weighted by atomic mass is 9.64. The zero-order valence-corrected chi connectivity index (χ0v) is 13.4. The van der Waals surface area contributed by atoms with E-state index < -0.39 is 41.3 Å². The van der Waals surface area contributed by atoms with Crippen molar-refractivity contribution in [1.82, 2.24) is 5.32 Å². The predicted molar refractivity (Wildman–Crippen MR) is 82.6 cm³/mol. The Kier molecular flexibility index (Phi) is 4.56. The van der Waals surface area contributed by atoms with E-state index >= 15 is 0 Å². The molecule has 0 aliphatic heterocycles. The van der Waals surface area contributed by atoms with Gasteiger partial charge < -0.3 is 10.4 Å². The molecular weight excluding hydrogens is 322 g/mol. The van der Waals surface area contributed by atoms with Gasteiger partial charge in [0.15, 0.2) is 17.5 Å². The quantitative estimate of drug-likeness (QED) is 0.812. The number of carbonyl (C=O) groups is 4. The fourth-order valence-electron chi connectivity index (χ4n) is 2.79. The standard InChI is InChI=1S/C16H16ClNO5/c1-3-16(2)10-5-4-8(17)6-9(10)13(21)12(14(16)22)15(23)18-7-11(19)20/h4-6,12H,3,7H2,1-2H3,(H,18,23)(H,19,20)/t12?,16-/m0/s1. The highest BCUT2D eigenvalue weighted by Gasteiger charge is 2.50. The van der Waals surface area contributed by atoms with Crippen molar-refractivity contribution in [3.05, 3.63) is 34.3 Å². The van der Waals surface area contributed by atoms with Crippen LogP contribution in [0.15, 0.2) is 18.2 Å². The van der Waals surface area contributed by atoms with Crippen LogP contribution in [0.3, 0.4) is 0 Å². The van der Waals surface area contributed by atoms with E-state index in [0.29, 0.717) is 17.0 Å². The molecule has 1 amide bonds. The van der Waals surface area contributed by atoms with E-state index in [1.54, 1.807) is 26.0 Å². The first kappa shape index (κ1) is 17.1. The van der Waals surface area contributed by atoms with Crippen molar-refractivity contribution in [1.29, 1.82) is 0 Å². The highest BCUT2D eigenvalue weighted by atomic mass is 35.5. The number of hydrogen-bond acceptors (Lipinski definition) is 4. The average molecular weight is 338 g/mol. The molecule has 122 valence electrons. The number of nitrogens with one attached hydrogen (secondary N) is 1. The monoisotopic (exact) mass is 337 g/mol. The second-order valence-electron chi connectivity index (χ2n) is 5.65. The van der Waals surface area contributed by atoms with Gasteiger partial charge in [0.05, 0.1) is 5.41 Å². The maximum absolute atomic E-state index is 12.8. The first-order valence-electron chi connectivity index (χ1n) is 7.10. The third-order valence-electron chi connectivity index (χ3n) is 4.29. The average Bonchev–Trinajstić information content (AvgIpc) is 2.50. The number of aliphatic carboxylic acids is 1. The van der Waals surface area contributed by atoms with Gasteiger partial charge in [0.2, 0.25) is 5.91 Å². The van der Waals surface area contributed by atoms with E-state index in [1.807, 2.05) is 0 Å². The SMILES string of the molecule is CC[C@]1(C)C(=O)C(C(=O)NCC(=O)O)C(=O)c2cc(Cl)ccc21. The van der Waals surface area contributed by atoms with Gasteiger partial charge in [-0.2, -0.15) is 0 Å². The van der Waals surface area contributed by atoms with E-state index in [9.17, 15) is 19.2 Å². The van der Waals surface area contributed by atoms with Gasteiger partial charge in [0, 0.05) is 10.6 Å². The Bertz CT molecular complexity index is 714. The number of amides is 1. The second kappa shape index (κ2) is 6.12. The van der Waals surface area contributed by atoms with Gasteiger partial charge in [0.1, 0.15) is 6.54 Å². The number of hydrogen-bond donors (Lipinski definition) is 2. The van der Waals surface area contributed by atoms with Crippen LogP contribution < -0.4 is 5.32 Å². The molecule has 1 unspecified atom stereocenters. The Morgan fingerprint density at radius 1 is 1.35 bits per heavy atom. The van der Waals surface area contributed by atoms with E-state index in [0.717, 1.165) is 0 Å². The van der Waals surface area contributed by atoms with Gasteiger partial charge in [0.25, 0.3) is 0 Å². The lowest BCUT2D eigenvalue weighted by molar-refractivity contribution is -0.140. The van der Waals surface area contributed by atoms with E-state index in [1.165, 1.54) is 6.07 Å². The van der Waals surface area contributed by atoms with Crippen LogP contribution >= 0.6 is 11.6 Å². The van der Waals surface area contributed by atoms with Crippen molar-refractivity contribution >= 4 is 35.0 Å². The van der Waals surface area contributed by atoms with Crippen molar-refractivity contribution in [3.8, 4) is 0 Å². The third kappa shape index (κ3) is 2.86. The van der Waals surface area contributed by atoms with Gasteiger partial charge in [-0.1, -0.05) is 24.6 Å². The van der Waals surface area contributed by atoms with Crippen LogP contribution in [-0.4, -0.2) is 35.1 Å². The molecule has 2 rings (SSSR count). The molecule has 7 heteroatoms. The maximum Gasteiger partial charge on any atom is 0.322 e. The van der Waals surface area contributed by atoms with Crippen LogP contribution in [0.1, 0.15) is 36.2 Å². The Balaban J connectivity index is 2.51. The Morgan fingerprint density at radius 2 is 2.00 bits per heavy atom. The molecule has 23 heavy (non-hydrogen) atoms. The smallest absolute Gasteiger partial charge is 0.322 e. The number of halogens is 1. The number of carboxylic acids is 1. The number of fused-ring (bicyclic) bond motifs is 1. The molecule has 0 aromatic heterocycles. The summed E-state index contributed by atoms with van der Waals surface area (Å²) >= 11 is 5.93. The zero-order valence-electron chi connectivity index (χ0n) is 12.7. The van der Waals surface area contributed by atoms with Gasteiger partial charge in [-0.3, -0.25) is 19.2 Å². The molecule has 0 bridgehead atoms. The molecule has 1 aromatic carbocycles. The van der Waals surface area contributed by atoms with Gasteiger partial charge in [-0.05, 0) is 31.0 Å². The molecule has 6 nitrogen and oxygen atoms in total. The molecule has 0 saturated carbocycles. The number of carboxylic acid groups (broad SMARTS) is 1. The summed E-state index contributed by atoms with van der Waals surface area (Å²) < 4.78 is 0. The summed E-state index contributed by atoms with van der Waals surface area (Å²) in [5.41, 5.74) is -0.224. The Morgan fingerprint density at radius 3 is 2.57 bits per heavy atom. The fraction of sp³-hybridized carbons (Fsp3) is 0.375. The van der Waals surface area contributed by atoms with Gasteiger partial charge in [-0.15, -0.1) is 0 Å². The minimum absolute atomic E-state index is 0.233. The summed E-state index contributed by atoms with van der Waals surface area (Å²) in [6, 6.07) is 4.67. The maximum atomic E-state index is 12.8. The minimum Gasteiger partial charge on any atom is -0.480 e. The van der Waals surface area contributed by atoms with Crippen molar-refractivity contribution < 1.29 is 24.3 Å². The Hall–Kier alpha value is -2.21. The normalized spacial score (nSPS) is 23.3. The lowest BCUT2D eigenvalue weighted by Crippen LogP contribution is -2.52. The summed E-state index contributed by atoms with van der Waals surface area (Å²) in [4.78, 5) is 48.1. The minimum atomic E-state index is -1.55. The van der Waals surface area contributed by atoms with Crippen molar-refractivity contribution in [2.24, 2.45) is 5.92 Å². The molecule has 1 aliphatic carbocycles. The van der Waals surface area contributed by atoms with E-state index in [2.05, 4.69) is 5.32 Å². The summed E-state index contributed by atoms with van der Waals surface area (Å²) in [5.74, 6) is -4.88. The summed E-state index contributed by atoms with van der Waals surface area (Å²) in [6.07, 6.45) is 0.399. The highest BCUT2D eigenvalue weighted by molar-refractivity contribution is 6.33. The van der Waals surface area contributed by atoms with Gasteiger partial charge >= 0.3 is 5.97 Å². The second-order valence-corrected chi connectivity index (χ2v) is 6.09. The molecule has 0 heterocycles. The molecule has 0 spiro atoms. The summed E-state index contributed by atoms with van der Waals surface area (Å²) in [5, 5.41) is 11.1. The van der Waals surface area contributed by atoms with E-state index in [4.69, 9.17) is 16.7 Å². The molecule has 0 radical (unpaired) electrons. The van der Waals surface area contributed by atoms with Crippen LogP contribution in [0, 0.1) is 5.92 Å². The van der Waals surface area contributed by atoms with Crippen LogP contribution in [-0.2, 0) is 19.8 Å². The van der Waals surface area contributed by atoms with Crippen LogP contribution in [0.2, 0.25) is 5.02 Å². The van der Waals surface area contributed by atoms with Crippen LogP contribution in [0.25, 0.3) is 0 Å². The van der Waals surface area contributed by atoms with Crippen molar-refractivity contribution in [2.75, 3.05) is 6.54 Å². The third-order valence-corrected chi connectivity index (χ3v) is 4.53. The molecule has 0 saturated heterocycles. The van der Waals surface area contributed by atoms with E-state index in [-0.39, 0.29) is 5.56 Å². The molecule has 1 aromatic rings. The fourth-order valence-corrected chi connectivity index (χ4v) is 2.97. The first-order chi connectivity index (χ1) is 10.7. The first-order valence-corrected chi connectivity index (χ1v) is 7.48. The topological polar surface area (TPSA) is 101 Å². The predicted octanol–water partition coefficient (Wildman–Crippen LogP) is 1.59. The number of benzene rings is 1. The number of rotatable bonds is 4. The van der Waals surface area contributed by atoms with Gasteiger partial charge in [-0.25, -0.2) is 0 Å². The number of ketones is 2. The molecule has 2 N–H and O–H groups in total. The zero-order chi connectivity index (χ0) is 17.4. The molecule has 1 aliphatic rings. The number of carbonyl (C=O) groups excluding carboxylic acids is 3. The van der Waals surface area contributed by atoms with Crippen molar-refractivity contribution in [2.45, 2.75) is 25.7 Å². The lowest BCUT2D eigenvalue weighted by Gasteiger charge is -2.36. The summed E-state index contributed by atoms with van der Waals surface area (Å²) in [7, 11) is 0. The van der Waals surface area contributed by atoms with Crippen LogP contribution in [0.5, 0.6) is 0 Å². The number of Topliss-reactive ketones (excluding diaryl/α,β-unsaturated/α-hetero) is 2. The van der Waals surface area contributed by atoms with Crippen LogP contribution in [0.4, 0.5) is 0 Å². The largest absolute Gasteiger partial charge is 0.480 e. The van der Waals surface area contributed by atoms with Crippen molar-refractivity contribution in [3.63, 3.8) is 0 Å². The summed E-state index contributed by atoms with van der Waals surface area (Å²) in [6.45, 7) is 2.81. The Labute approximate surface area is 137 Å².